The van der Waals surface area contributed by atoms with Crippen molar-refractivity contribution in [1.82, 2.24) is 0 Å². The van der Waals surface area contributed by atoms with Gasteiger partial charge in [-0.2, -0.15) is 0 Å². The summed E-state index contributed by atoms with van der Waals surface area (Å²) in [5.74, 6) is 0. The highest BCUT2D eigenvalue weighted by atomic mass is 32.2. The number of rotatable bonds is 2. The van der Waals surface area contributed by atoms with Gasteiger partial charge in [0.25, 0.3) is 0 Å². The maximum absolute atomic E-state index is 2.56. The Hall–Kier alpha value is -1.90. The Kier molecular flexibility index (Phi) is 4.92. The van der Waals surface area contributed by atoms with Crippen molar-refractivity contribution < 1.29 is 0 Å². The molecule has 2 heterocycles. The van der Waals surface area contributed by atoms with Crippen molar-refractivity contribution in [3.05, 3.63) is 105 Å². The lowest BCUT2D eigenvalue weighted by atomic mass is 9.67. The summed E-state index contributed by atoms with van der Waals surface area (Å²) in [6.45, 7) is 19.3. The SMILES string of the molecule is Cc1ccc(C2=CC3=C4C(=C5C=C(c6ccc(C)cc6)S[C@@]5(C)[C@]3(C)S2)C(C)(C)CC4(C)C)cc1. The molecule has 0 bridgehead atoms. The van der Waals surface area contributed by atoms with Crippen LogP contribution in [0.2, 0.25) is 0 Å². The number of thioether (sulfide) groups is 2. The van der Waals surface area contributed by atoms with E-state index in [2.05, 4.69) is 140 Å². The van der Waals surface area contributed by atoms with Gasteiger partial charge in [-0.1, -0.05) is 87.4 Å². The summed E-state index contributed by atoms with van der Waals surface area (Å²) in [5.41, 5.74) is 12.0. The van der Waals surface area contributed by atoms with Gasteiger partial charge in [-0.25, -0.2) is 0 Å². The molecule has 0 unspecified atom stereocenters. The minimum atomic E-state index is -0.0211. The molecule has 0 N–H and O–H groups in total. The highest BCUT2D eigenvalue weighted by Crippen LogP contribution is 2.74. The summed E-state index contributed by atoms with van der Waals surface area (Å²) < 4.78 is -0.0423. The van der Waals surface area contributed by atoms with E-state index >= 15 is 0 Å². The average molecular weight is 497 g/mol. The zero-order valence-corrected chi connectivity index (χ0v) is 23.9. The molecule has 1 fully saturated rings. The number of hydrogen-bond acceptors (Lipinski definition) is 2. The van der Waals surface area contributed by atoms with Crippen molar-refractivity contribution in [2.75, 3.05) is 0 Å². The quantitative estimate of drug-likeness (QED) is 0.406. The fraction of sp³-hybridized carbons (Fsp3) is 0.394. The van der Waals surface area contributed by atoms with E-state index in [1.807, 2.05) is 0 Å². The van der Waals surface area contributed by atoms with E-state index in [1.54, 1.807) is 22.3 Å². The van der Waals surface area contributed by atoms with Crippen LogP contribution < -0.4 is 0 Å². The number of allylic oxidation sites excluding steroid dienone is 4. The van der Waals surface area contributed by atoms with Crippen molar-refractivity contribution in [1.29, 1.82) is 0 Å². The van der Waals surface area contributed by atoms with E-state index < -0.39 is 0 Å². The van der Waals surface area contributed by atoms with Crippen LogP contribution in [0.5, 0.6) is 0 Å². The maximum atomic E-state index is 2.56. The first-order valence-corrected chi connectivity index (χ1v) is 14.5. The van der Waals surface area contributed by atoms with Crippen LogP contribution >= 0.6 is 23.5 Å². The van der Waals surface area contributed by atoms with Gasteiger partial charge in [-0.05, 0) is 90.5 Å². The molecule has 35 heavy (non-hydrogen) atoms. The molecule has 2 heteroatoms. The monoisotopic (exact) mass is 496 g/mol. The van der Waals surface area contributed by atoms with E-state index in [9.17, 15) is 0 Å². The summed E-state index contributed by atoms with van der Waals surface area (Å²) >= 11 is 4.19. The van der Waals surface area contributed by atoms with Crippen molar-refractivity contribution in [2.45, 2.75) is 71.3 Å². The molecule has 4 aliphatic rings. The first-order valence-electron chi connectivity index (χ1n) is 12.8. The number of benzene rings is 2. The molecule has 2 aliphatic carbocycles. The molecule has 2 atom stereocenters. The number of aryl methyl sites for hydroxylation is 2. The Morgan fingerprint density at radius 2 is 0.886 bits per heavy atom. The van der Waals surface area contributed by atoms with Crippen LogP contribution in [0.3, 0.4) is 0 Å². The molecule has 180 valence electrons. The highest BCUT2D eigenvalue weighted by molar-refractivity contribution is 8.14. The highest BCUT2D eigenvalue weighted by Gasteiger charge is 2.63. The van der Waals surface area contributed by atoms with Gasteiger partial charge in [-0.15, -0.1) is 23.5 Å². The summed E-state index contributed by atoms with van der Waals surface area (Å²) in [7, 11) is 0. The smallest absolute Gasteiger partial charge is 0.0619 e. The molecule has 0 aromatic heterocycles. The molecule has 1 saturated carbocycles. The van der Waals surface area contributed by atoms with Gasteiger partial charge in [0.1, 0.15) is 0 Å². The fourth-order valence-electron chi connectivity index (χ4n) is 7.15. The predicted molar refractivity (Wildman–Crippen MR) is 157 cm³/mol. The lowest BCUT2D eigenvalue weighted by Crippen LogP contribution is -2.48. The lowest BCUT2D eigenvalue weighted by molar-refractivity contribution is 0.337. The summed E-state index contributed by atoms with van der Waals surface area (Å²) in [6, 6.07) is 18.2. The molecule has 0 amide bonds. The summed E-state index contributed by atoms with van der Waals surface area (Å²) in [6.07, 6.45) is 6.31. The first-order chi connectivity index (χ1) is 16.4. The van der Waals surface area contributed by atoms with Crippen LogP contribution in [0.15, 0.2) is 83.0 Å². The van der Waals surface area contributed by atoms with E-state index in [-0.39, 0.29) is 20.3 Å². The number of hydrogen-bond donors (Lipinski definition) is 0. The van der Waals surface area contributed by atoms with Crippen LogP contribution in [-0.2, 0) is 0 Å². The largest absolute Gasteiger partial charge is 0.112 e. The van der Waals surface area contributed by atoms with Gasteiger partial charge in [0.2, 0.25) is 0 Å². The van der Waals surface area contributed by atoms with Crippen LogP contribution in [0.25, 0.3) is 9.81 Å². The van der Waals surface area contributed by atoms with E-state index in [4.69, 9.17) is 0 Å². The van der Waals surface area contributed by atoms with E-state index in [0.29, 0.717) is 0 Å². The Morgan fingerprint density at radius 3 is 1.23 bits per heavy atom. The summed E-state index contributed by atoms with van der Waals surface area (Å²) in [4.78, 5) is 2.84. The average Bonchev–Trinajstić information content (AvgIpc) is 3.37. The normalized spacial score (nSPS) is 30.2. The van der Waals surface area contributed by atoms with Crippen molar-refractivity contribution >= 4 is 33.3 Å². The molecule has 2 aliphatic heterocycles. The minimum absolute atomic E-state index is 0.0211. The third-order valence-corrected chi connectivity index (χ3v) is 12.2. The van der Waals surface area contributed by atoms with E-state index in [1.165, 1.54) is 38.5 Å². The zero-order valence-electron chi connectivity index (χ0n) is 22.3. The van der Waals surface area contributed by atoms with Crippen molar-refractivity contribution in [3.63, 3.8) is 0 Å². The molecule has 0 spiro atoms. The topological polar surface area (TPSA) is 0 Å². The van der Waals surface area contributed by atoms with Gasteiger partial charge in [0.15, 0.2) is 0 Å². The second-order valence-corrected chi connectivity index (χ2v) is 15.5. The van der Waals surface area contributed by atoms with Gasteiger partial charge >= 0.3 is 0 Å². The fourth-order valence-corrected chi connectivity index (χ4v) is 10.3. The molecule has 0 saturated heterocycles. The van der Waals surface area contributed by atoms with Crippen LogP contribution in [0.1, 0.15) is 70.2 Å². The first kappa shape index (κ1) is 23.5. The molecule has 2 aromatic rings. The van der Waals surface area contributed by atoms with E-state index in [0.717, 1.165) is 0 Å². The minimum Gasteiger partial charge on any atom is -0.112 e. The second-order valence-electron chi connectivity index (χ2n) is 12.5. The maximum Gasteiger partial charge on any atom is 0.0619 e. The molecular formula is C33H36S2. The Labute approximate surface area is 220 Å². The second kappa shape index (κ2) is 7.33. The molecule has 0 nitrogen and oxygen atoms in total. The Balaban J connectivity index is 1.59. The van der Waals surface area contributed by atoms with Crippen LogP contribution in [-0.4, -0.2) is 9.49 Å². The van der Waals surface area contributed by atoms with Gasteiger partial charge in [0, 0.05) is 9.81 Å². The molecule has 2 aromatic carbocycles. The standard InChI is InChI=1S/C33H36S2/c1-20-9-13-22(14-10-20)26-17-24-28-29(31(5,6)19-30(28,3)4)25-18-27(23-15-11-21(2)12-16-23)35-33(25,8)32(24,7)34-26/h9-18H,19H2,1-8H3/t32-,33-/m1/s1. The molecule has 0 radical (unpaired) electrons. The third kappa shape index (κ3) is 3.22. The Morgan fingerprint density at radius 1 is 0.543 bits per heavy atom. The lowest BCUT2D eigenvalue weighted by Gasteiger charge is -2.49. The van der Waals surface area contributed by atoms with Crippen molar-refractivity contribution in [2.24, 2.45) is 10.8 Å². The van der Waals surface area contributed by atoms with Crippen LogP contribution in [0.4, 0.5) is 0 Å². The third-order valence-electron chi connectivity index (χ3n) is 8.82. The zero-order chi connectivity index (χ0) is 25.0. The summed E-state index contributed by atoms with van der Waals surface area (Å²) in [5, 5.41) is 0. The molecule has 6 rings (SSSR count). The predicted octanol–water partition coefficient (Wildman–Crippen LogP) is 9.76. The van der Waals surface area contributed by atoms with Crippen LogP contribution in [0, 0.1) is 24.7 Å². The van der Waals surface area contributed by atoms with Crippen molar-refractivity contribution in [3.8, 4) is 0 Å². The van der Waals surface area contributed by atoms with Gasteiger partial charge in [-0.3, -0.25) is 0 Å². The Bertz CT molecular complexity index is 1270. The van der Waals surface area contributed by atoms with Gasteiger partial charge in [0.05, 0.1) is 9.49 Å². The van der Waals surface area contributed by atoms with Gasteiger partial charge < -0.3 is 0 Å². The number of fused-ring (bicyclic) bond motifs is 4. The molecular weight excluding hydrogens is 460 g/mol.